The van der Waals surface area contributed by atoms with E-state index in [1.165, 1.54) is 5.57 Å². The van der Waals surface area contributed by atoms with E-state index < -0.39 is 0 Å². The molecular formula is C32H34O6. The van der Waals surface area contributed by atoms with Gasteiger partial charge in [0.1, 0.15) is 12.4 Å². The van der Waals surface area contributed by atoms with E-state index in [4.69, 9.17) is 18.9 Å². The fourth-order valence-corrected chi connectivity index (χ4v) is 4.27. The molecule has 0 bridgehead atoms. The molecule has 3 aromatic rings. The maximum absolute atomic E-state index is 12.7. The summed E-state index contributed by atoms with van der Waals surface area (Å²) in [6.45, 7) is 5.64. The number of ether oxygens (including phenoxy) is 4. The van der Waals surface area contributed by atoms with Gasteiger partial charge in [0.2, 0.25) is 0 Å². The van der Waals surface area contributed by atoms with Crippen molar-refractivity contribution in [3.8, 4) is 16.9 Å². The van der Waals surface area contributed by atoms with Crippen molar-refractivity contribution in [3.05, 3.63) is 101 Å². The van der Waals surface area contributed by atoms with Gasteiger partial charge in [-0.05, 0) is 42.5 Å². The molecule has 4 rings (SSSR count). The Hall–Kier alpha value is -3.74. The van der Waals surface area contributed by atoms with Crippen molar-refractivity contribution in [1.82, 2.24) is 0 Å². The second-order valence-corrected chi connectivity index (χ2v) is 9.36. The quantitative estimate of drug-likeness (QED) is 0.120. The first-order valence-electron chi connectivity index (χ1n) is 12.9. The smallest absolute Gasteiger partial charge is 0.333 e. The number of rotatable bonds is 13. The molecule has 1 saturated carbocycles. The average molecular weight is 515 g/mol. The van der Waals surface area contributed by atoms with Crippen LogP contribution in [0.5, 0.6) is 5.75 Å². The van der Waals surface area contributed by atoms with Crippen molar-refractivity contribution in [1.29, 1.82) is 0 Å². The summed E-state index contributed by atoms with van der Waals surface area (Å²) in [6.07, 6.45) is 0.991. The molecule has 0 heterocycles. The molecule has 0 N–H and O–H groups in total. The number of hydrogen-bond donors (Lipinski definition) is 0. The standard InChI is InChI=1S/C32H34O6/c1-22-19-29(22)23(2)32(34)38-18-17-36-15-16-37-21-28-20-27(13-14-30(28)35-3)24-9-11-26(12-10-24)31(33)25-7-5-4-6-8-25/h4-14,20,22H,15-19,21H2,1-3H3/b29-23-. The van der Waals surface area contributed by atoms with Crippen LogP contribution in [0.25, 0.3) is 11.1 Å². The van der Waals surface area contributed by atoms with Crippen LogP contribution in [0, 0.1) is 5.92 Å². The highest BCUT2D eigenvalue weighted by atomic mass is 16.6. The third-order valence-electron chi connectivity index (χ3n) is 6.64. The van der Waals surface area contributed by atoms with Gasteiger partial charge in [0.25, 0.3) is 0 Å². The molecule has 1 unspecified atom stereocenters. The zero-order valence-electron chi connectivity index (χ0n) is 22.2. The summed E-state index contributed by atoms with van der Waals surface area (Å²) in [5.41, 5.74) is 6.17. The van der Waals surface area contributed by atoms with E-state index in [1.807, 2.05) is 79.7 Å². The summed E-state index contributed by atoms with van der Waals surface area (Å²) in [5, 5.41) is 0. The van der Waals surface area contributed by atoms with Gasteiger partial charge in [-0.25, -0.2) is 4.79 Å². The van der Waals surface area contributed by atoms with Gasteiger partial charge in [-0.2, -0.15) is 0 Å². The molecule has 6 heteroatoms. The zero-order chi connectivity index (χ0) is 26.9. The molecule has 0 radical (unpaired) electrons. The number of hydrogen-bond acceptors (Lipinski definition) is 6. The highest BCUT2D eigenvalue weighted by Gasteiger charge is 2.29. The Labute approximate surface area is 224 Å². The largest absolute Gasteiger partial charge is 0.496 e. The number of carbonyl (C=O) groups excluding carboxylic acids is 2. The zero-order valence-corrected chi connectivity index (χ0v) is 22.2. The van der Waals surface area contributed by atoms with Crippen LogP contribution in [0.15, 0.2) is 83.9 Å². The van der Waals surface area contributed by atoms with Crippen molar-refractivity contribution >= 4 is 11.8 Å². The van der Waals surface area contributed by atoms with Gasteiger partial charge in [-0.1, -0.05) is 73.2 Å². The summed E-state index contributed by atoms with van der Waals surface area (Å²) in [6, 6.07) is 22.8. The first-order valence-corrected chi connectivity index (χ1v) is 12.9. The van der Waals surface area contributed by atoms with Gasteiger partial charge < -0.3 is 18.9 Å². The molecular weight excluding hydrogens is 480 g/mol. The van der Waals surface area contributed by atoms with Gasteiger partial charge >= 0.3 is 5.97 Å². The molecule has 1 aliphatic rings. The SMILES string of the molecule is COc1ccc(-c2ccc(C(=O)c3ccccc3)cc2)cc1COCCOCCOC(=O)/C(C)=C1/CC1C. The lowest BCUT2D eigenvalue weighted by atomic mass is 9.98. The molecule has 1 fully saturated rings. The maximum atomic E-state index is 12.7. The van der Waals surface area contributed by atoms with Crippen LogP contribution in [-0.4, -0.2) is 45.3 Å². The van der Waals surface area contributed by atoms with Crippen molar-refractivity contribution in [2.45, 2.75) is 26.9 Å². The number of benzene rings is 3. The number of ketones is 1. The highest BCUT2D eigenvalue weighted by molar-refractivity contribution is 6.09. The van der Waals surface area contributed by atoms with Gasteiger partial charge in [0.05, 0.1) is 33.5 Å². The third kappa shape index (κ3) is 7.18. The maximum Gasteiger partial charge on any atom is 0.333 e. The monoisotopic (exact) mass is 514 g/mol. The molecule has 1 atom stereocenters. The van der Waals surface area contributed by atoms with Crippen molar-refractivity contribution in [2.75, 3.05) is 33.5 Å². The molecule has 0 aliphatic heterocycles. The Morgan fingerprint density at radius 1 is 0.816 bits per heavy atom. The number of allylic oxidation sites excluding steroid dienone is 1. The Balaban J connectivity index is 1.24. The number of carbonyl (C=O) groups is 2. The summed E-state index contributed by atoms with van der Waals surface area (Å²) in [7, 11) is 1.63. The lowest BCUT2D eigenvalue weighted by Gasteiger charge is -2.12. The van der Waals surface area contributed by atoms with E-state index in [2.05, 4.69) is 6.92 Å². The van der Waals surface area contributed by atoms with Gasteiger partial charge in [-0.3, -0.25) is 4.79 Å². The normalized spacial score (nSPS) is 15.6. The molecule has 0 amide bonds. The van der Waals surface area contributed by atoms with Crippen molar-refractivity contribution in [3.63, 3.8) is 0 Å². The predicted octanol–water partition coefficient (Wildman–Crippen LogP) is 6.03. The molecule has 3 aromatic carbocycles. The predicted molar refractivity (Wildman–Crippen MR) is 146 cm³/mol. The summed E-state index contributed by atoms with van der Waals surface area (Å²) < 4.78 is 22.1. The second kappa shape index (κ2) is 13.2. The average Bonchev–Trinajstić information content (AvgIpc) is 3.70. The lowest BCUT2D eigenvalue weighted by molar-refractivity contribution is -0.140. The van der Waals surface area contributed by atoms with Crippen LogP contribution in [-0.2, 0) is 25.6 Å². The van der Waals surface area contributed by atoms with E-state index in [0.29, 0.717) is 43.5 Å². The Morgan fingerprint density at radius 3 is 2.13 bits per heavy atom. The molecule has 0 aromatic heterocycles. The molecule has 38 heavy (non-hydrogen) atoms. The van der Waals surface area contributed by atoms with E-state index in [1.54, 1.807) is 7.11 Å². The molecule has 198 valence electrons. The van der Waals surface area contributed by atoms with Crippen molar-refractivity contribution in [2.24, 2.45) is 5.92 Å². The summed E-state index contributed by atoms with van der Waals surface area (Å²) in [5.74, 6) is 0.994. The fraction of sp³-hybridized carbons (Fsp3) is 0.312. The van der Waals surface area contributed by atoms with E-state index in [9.17, 15) is 9.59 Å². The number of methoxy groups -OCH3 is 1. The van der Waals surface area contributed by atoms with Crippen molar-refractivity contribution < 1.29 is 28.5 Å². The van der Waals surface area contributed by atoms with Crippen LogP contribution < -0.4 is 4.74 Å². The Kier molecular flexibility index (Phi) is 9.46. The first-order chi connectivity index (χ1) is 18.5. The number of esters is 1. The van der Waals surface area contributed by atoms with Crippen LogP contribution in [0.1, 0.15) is 41.8 Å². The molecule has 1 aliphatic carbocycles. The minimum absolute atomic E-state index is 0.00157. The van der Waals surface area contributed by atoms with E-state index in [-0.39, 0.29) is 18.4 Å². The van der Waals surface area contributed by atoms with Crippen LogP contribution in [0.3, 0.4) is 0 Å². The van der Waals surface area contributed by atoms with E-state index in [0.717, 1.165) is 34.4 Å². The van der Waals surface area contributed by atoms with Gasteiger partial charge in [0.15, 0.2) is 5.78 Å². The molecule has 0 spiro atoms. The molecule has 6 nitrogen and oxygen atoms in total. The summed E-state index contributed by atoms with van der Waals surface area (Å²) in [4.78, 5) is 24.7. The minimum atomic E-state index is -0.256. The topological polar surface area (TPSA) is 71.1 Å². The second-order valence-electron chi connectivity index (χ2n) is 9.36. The fourth-order valence-electron chi connectivity index (χ4n) is 4.27. The summed E-state index contributed by atoms with van der Waals surface area (Å²) >= 11 is 0. The van der Waals surface area contributed by atoms with Crippen LogP contribution in [0.4, 0.5) is 0 Å². The first kappa shape index (κ1) is 27.3. The third-order valence-corrected chi connectivity index (χ3v) is 6.64. The van der Waals surface area contributed by atoms with Gasteiger partial charge in [-0.15, -0.1) is 0 Å². The Morgan fingerprint density at radius 2 is 1.45 bits per heavy atom. The van der Waals surface area contributed by atoms with Gasteiger partial charge in [0, 0.05) is 22.3 Å². The lowest BCUT2D eigenvalue weighted by Crippen LogP contribution is -2.13. The van der Waals surface area contributed by atoms with Crippen LogP contribution in [0.2, 0.25) is 0 Å². The minimum Gasteiger partial charge on any atom is -0.496 e. The van der Waals surface area contributed by atoms with Crippen LogP contribution >= 0.6 is 0 Å². The van der Waals surface area contributed by atoms with E-state index >= 15 is 0 Å². The highest BCUT2D eigenvalue weighted by Crippen LogP contribution is 2.39. The Bertz CT molecular complexity index is 1280. The molecule has 0 saturated heterocycles.